The van der Waals surface area contributed by atoms with Crippen molar-refractivity contribution in [3.63, 3.8) is 0 Å². The molecule has 1 N–H and O–H groups in total. The Morgan fingerprint density at radius 1 is 1.11 bits per heavy atom. The van der Waals surface area contributed by atoms with Gasteiger partial charge in [-0.2, -0.15) is 0 Å². The summed E-state index contributed by atoms with van der Waals surface area (Å²) in [6, 6.07) is 15.3. The first-order chi connectivity index (χ1) is 13.6. The summed E-state index contributed by atoms with van der Waals surface area (Å²) in [5, 5.41) is 3.05. The van der Waals surface area contributed by atoms with Crippen molar-refractivity contribution in [2.45, 2.75) is 56.0 Å². The van der Waals surface area contributed by atoms with E-state index in [2.05, 4.69) is 23.3 Å². The minimum atomic E-state index is -0.232. The van der Waals surface area contributed by atoms with Crippen molar-refractivity contribution in [3.05, 3.63) is 59.9 Å². The molecule has 0 aromatic heterocycles. The molecule has 0 heterocycles. The smallest absolute Gasteiger partial charge is 0.225 e. The fourth-order valence-corrected chi connectivity index (χ4v) is 4.62. The highest BCUT2D eigenvalue weighted by molar-refractivity contribution is 7.99. The number of para-hydroxylation sites is 1. The van der Waals surface area contributed by atoms with Gasteiger partial charge in [0.1, 0.15) is 5.82 Å². The van der Waals surface area contributed by atoms with Gasteiger partial charge in [-0.1, -0.05) is 49.6 Å². The van der Waals surface area contributed by atoms with Gasteiger partial charge in [0, 0.05) is 35.3 Å². The van der Waals surface area contributed by atoms with E-state index in [9.17, 15) is 9.18 Å². The minimum Gasteiger partial charge on any atom is -0.326 e. The van der Waals surface area contributed by atoms with E-state index in [1.54, 1.807) is 12.1 Å². The van der Waals surface area contributed by atoms with Gasteiger partial charge < -0.3 is 5.32 Å². The predicted molar refractivity (Wildman–Crippen MR) is 115 cm³/mol. The monoisotopic (exact) mass is 400 g/mol. The maximum absolute atomic E-state index is 13.7. The Bertz CT molecular complexity index is 777. The molecule has 0 spiro atoms. The van der Waals surface area contributed by atoms with E-state index in [0.717, 1.165) is 17.8 Å². The molecule has 2 aromatic rings. The Morgan fingerprint density at radius 3 is 2.61 bits per heavy atom. The van der Waals surface area contributed by atoms with Crippen LogP contribution in [0.3, 0.4) is 0 Å². The van der Waals surface area contributed by atoms with Crippen LogP contribution in [0.4, 0.5) is 10.1 Å². The zero-order valence-corrected chi connectivity index (χ0v) is 17.3. The van der Waals surface area contributed by atoms with Gasteiger partial charge in [-0.15, -0.1) is 11.8 Å². The molecule has 0 saturated heterocycles. The highest BCUT2D eigenvalue weighted by Gasteiger charge is 2.19. The molecule has 3 rings (SSSR count). The van der Waals surface area contributed by atoms with E-state index in [4.69, 9.17) is 0 Å². The number of thioether (sulfide) groups is 1. The largest absolute Gasteiger partial charge is 0.326 e. The highest BCUT2D eigenvalue weighted by Crippen LogP contribution is 2.25. The van der Waals surface area contributed by atoms with Crippen LogP contribution < -0.4 is 5.32 Å². The van der Waals surface area contributed by atoms with Crippen molar-refractivity contribution in [1.82, 2.24) is 4.90 Å². The highest BCUT2D eigenvalue weighted by atomic mass is 32.2. The normalized spacial score (nSPS) is 15.0. The number of benzene rings is 2. The summed E-state index contributed by atoms with van der Waals surface area (Å²) in [5.41, 5.74) is 2.02. The lowest BCUT2D eigenvalue weighted by Gasteiger charge is -2.31. The van der Waals surface area contributed by atoms with E-state index in [0.29, 0.717) is 23.1 Å². The summed E-state index contributed by atoms with van der Waals surface area (Å²) in [6.45, 7) is 0.838. The number of nitrogens with one attached hydrogen (secondary N) is 1. The van der Waals surface area contributed by atoms with Crippen molar-refractivity contribution >= 4 is 23.4 Å². The lowest BCUT2D eigenvalue weighted by molar-refractivity contribution is -0.115. The van der Waals surface area contributed by atoms with Gasteiger partial charge in [0.15, 0.2) is 0 Å². The Labute approximate surface area is 171 Å². The van der Waals surface area contributed by atoms with Gasteiger partial charge in [0.2, 0.25) is 5.91 Å². The molecule has 1 amide bonds. The van der Waals surface area contributed by atoms with Crippen LogP contribution in [0.5, 0.6) is 0 Å². The number of amides is 1. The lowest BCUT2D eigenvalue weighted by atomic mass is 9.94. The Hall–Kier alpha value is -1.85. The fraction of sp³-hybridized carbons (Fsp3) is 0.435. The predicted octanol–water partition coefficient (Wildman–Crippen LogP) is 5.71. The second-order valence-electron chi connectivity index (χ2n) is 7.44. The molecule has 150 valence electrons. The molecule has 0 radical (unpaired) electrons. The van der Waals surface area contributed by atoms with Crippen LogP contribution in [0.2, 0.25) is 0 Å². The van der Waals surface area contributed by atoms with Crippen molar-refractivity contribution in [2.75, 3.05) is 18.1 Å². The van der Waals surface area contributed by atoms with E-state index in [1.165, 1.54) is 49.9 Å². The first-order valence-electron chi connectivity index (χ1n) is 10.1. The number of rotatable bonds is 8. The molecule has 2 aromatic carbocycles. The lowest BCUT2D eigenvalue weighted by Crippen LogP contribution is -2.33. The van der Waals surface area contributed by atoms with Gasteiger partial charge in [-0.25, -0.2) is 4.39 Å². The molecule has 3 nitrogen and oxygen atoms in total. The van der Waals surface area contributed by atoms with Crippen LogP contribution in [-0.4, -0.2) is 29.6 Å². The van der Waals surface area contributed by atoms with Gasteiger partial charge in [0.25, 0.3) is 0 Å². The number of nitrogens with zero attached hydrogens (tertiary/aromatic N) is 1. The maximum Gasteiger partial charge on any atom is 0.225 e. The fourth-order valence-electron chi connectivity index (χ4n) is 3.73. The van der Waals surface area contributed by atoms with Crippen LogP contribution >= 0.6 is 11.8 Å². The second-order valence-corrected chi connectivity index (χ2v) is 8.58. The number of carbonyl (C=O) groups is 1. The third kappa shape index (κ3) is 6.08. The van der Waals surface area contributed by atoms with Crippen LogP contribution in [-0.2, 0) is 11.3 Å². The van der Waals surface area contributed by atoms with Gasteiger partial charge >= 0.3 is 0 Å². The van der Waals surface area contributed by atoms with Crippen molar-refractivity contribution in [1.29, 1.82) is 0 Å². The Morgan fingerprint density at radius 2 is 1.82 bits per heavy atom. The van der Waals surface area contributed by atoms with E-state index in [-0.39, 0.29) is 11.7 Å². The first-order valence-corrected chi connectivity index (χ1v) is 11.1. The SMILES string of the molecule is CN(Cc1ccccc1NC(=O)CCSc1ccccc1F)C1CCCCC1. The molecule has 0 unspecified atom stereocenters. The zero-order valence-electron chi connectivity index (χ0n) is 16.5. The molecule has 0 atom stereocenters. The zero-order chi connectivity index (χ0) is 19.8. The van der Waals surface area contributed by atoms with E-state index < -0.39 is 0 Å². The van der Waals surface area contributed by atoms with E-state index >= 15 is 0 Å². The summed E-state index contributed by atoms with van der Waals surface area (Å²) in [4.78, 5) is 15.4. The Kier molecular flexibility index (Phi) is 7.92. The summed E-state index contributed by atoms with van der Waals surface area (Å²) >= 11 is 1.38. The molecular weight excluding hydrogens is 371 g/mol. The number of halogens is 1. The number of hydrogen-bond donors (Lipinski definition) is 1. The number of carbonyl (C=O) groups excluding carboxylic acids is 1. The van der Waals surface area contributed by atoms with Crippen LogP contribution in [0.15, 0.2) is 53.4 Å². The summed E-state index contributed by atoms with van der Waals surface area (Å²) in [6.07, 6.45) is 6.85. The number of anilines is 1. The topological polar surface area (TPSA) is 32.3 Å². The average Bonchev–Trinajstić information content (AvgIpc) is 2.71. The summed E-state index contributed by atoms with van der Waals surface area (Å²) in [5.74, 6) is 0.289. The summed E-state index contributed by atoms with van der Waals surface area (Å²) < 4.78 is 13.7. The Balaban J connectivity index is 1.52. The molecule has 0 aliphatic heterocycles. The average molecular weight is 401 g/mol. The van der Waals surface area contributed by atoms with Crippen LogP contribution in [0.25, 0.3) is 0 Å². The maximum atomic E-state index is 13.7. The summed E-state index contributed by atoms with van der Waals surface area (Å²) in [7, 11) is 2.18. The number of hydrogen-bond acceptors (Lipinski definition) is 3. The molecule has 1 fully saturated rings. The van der Waals surface area contributed by atoms with Gasteiger partial charge in [-0.05, 0) is 43.7 Å². The molecular formula is C23H29FN2OS. The van der Waals surface area contributed by atoms with Crippen molar-refractivity contribution in [3.8, 4) is 0 Å². The molecule has 0 bridgehead atoms. The third-order valence-electron chi connectivity index (χ3n) is 5.33. The van der Waals surface area contributed by atoms with E-state index in [1.807, 2.05) is 24.3 Å². The van der Waals surface area contributed by atoms with Crippen molar-refractivity contribution in [2.24, 2.45) is 0 Å². The third-order valence-corrected chi connectivity index (χ3v) is 6.38. The second kappa shape index (κ2) is 10.6. The molecule has 1 aliphatic carbocycles. The first kappa shape index (κ1) is 20.9. The molecule has 5 heteroatoms. The molecule has 1 aliphatic rings. The van der Waals surface area contributed by atoms with Crippen molar-refractivity contribution < 1.29 is 9.18 Å². The van der Waals surface area contributed by atoms with Crippen LogP contribution in [0.1, 0.15) is 44.1 Å². The molecule has 1 saturated carbocycles. The quantitative estimate of drug-likeness (QED) is 0.576. The van der Waals surface area contributed by atoms with Gasteiger partial charge in [0.05, 0.1) is 0 Å². The molecule has 28 heavy (non-hydrogen) atoms. The minimum absolute atomic E-state index is 0.0309. The van der Waals surface area contributed by atoms with Gasteiger partial charge in [-0.3, -0.25) is 9.69 Å². The standard InChI is InChI=1S/C23H29FN2OS/c1-26(19-10-3-2-4-11-19)17-18-9-5-7-13-21(18)25-23(27)15-16-28-22-14-8-6-12-20(22)24/h5-9,12-14,19H,2-4,10-11,15-17H2,1H3,(H,25,27). The van der Waals surface area contributed by atoms with Crippen LogP contribution in [0, 0.1) is 5.82 Å².